The van der Waals surface area contributed by atoms with Crippen molar-refractivity contribution in [1.82, 2.24) is 10.0 Å². The molecule has 0 aromatic heterocycles. The Balaban J connectivity index is 3.15. The lowest BCUT2D eigenvalue weighted by atomic mass is 10.2. The van der Waals surface area contributed by atoms with Gasteiger partial charge in [-0.1, -0.05) is 6.92 Å². The second-order valence-electron chi connectivity index (χ2n) is 3.72. The van der Waals surface area contributed by atoms with Crippen molar-refractivity contribution in [2.24, 2.45) is 0 Å². The van der Waals surface area contributed by atoms with Gasteiger partial charge in [-0.25, -0.2) is 21.9 Å². The third-order valence-corrected chi connectivity index (χ3v) is 3.87. The fourth-order valence-corrected chi connectivity index (χ4v) is 2.27. The van der Waals surface area contributed by atoms with Crippen LogP contribution in [-0.2, 0) is 16.6 Å². The van der Waals surface area contributed by atoms with E-state index in [9.17, 15) is 17.2 Å². The fourth-order valence-electron chi connectivity index (χ4n) is 1.45. The fraction of sp³-hybridized carbons (Fsp3) is 0.455. The molecule has 4 nitrogen and oxygen atoms in total. The topological polar surface area (TPSA) is 58.2 Å². The normalized spacial score (nSPS) is 11.8. The van der Waals surface area contributed by atoms with Crippen molar-refractivity contribution in [1.29, 1.82) is 0 Å². The summed E-state index contributed by atoms with van der Waals surface area (Å²) in [5.41, 5.74) is -0.264. The quantitative estimate of drug-likeness (QED) is 0.773. The largest absolute Gasteiger partial charge is 0.312 e. The highest BCUT2D eigenvalue weighted by molar-refractivity contribution is 7.89. The number of nitrogens with one attached hydrogen (secondary N) is 2. The summed E-state index contributed by atoms with van der Waals surface area (Å²) < 4.78 is 52.4. The summed E-state index contributed by atoms with van der Waals surface area (Å²) in [6, 6.07) is 1.87. The van der Waals surface area contributed by atoms with Crippen LogP contribution in [0.25, 0.3) is 0 Å². The molecule has 1 aromatic rings. The molecule has 0 unspecified atom stereocenters. The third-order valence-electron chi connectivity index (χ3n) is 2.44. The zero-order chi connectivity index (χ0) is 13.8. The standard InChI is InChI=1S/C11H16F2N2O2S/c1-3-6-15-7-8-9(12)4-5-10(11(8)13)18(16,17)14-2/h4-5,14-15H,3,6-7H2,1-2H3. The van der Waals surface area contributed by atoms with E-state index in [-0.39, 0.29) is 12.1 Å². The SMILES string of the molecule is CCCNCc1c(F)ccc(S(=O)(=O)NC)c1F. The zero-order valence-electron chi connectivity index (χ0n) is 10.3. The Morgan fingerprint density at radius 1 is 1.28 bits per heavy atom. The van der Waals surface area contributed by atoms with Crippen LogP contribution < -0.4 is 10.0 Å². The molecule has 0 fully saturated rings. The zero-order valence-corrected chi connectivity index (χ0v) is 11.1. The molecule has 0 aliphatic heterocycles. The van der Waals surface area contributed by atoms with Crippen molar-refractivity contribution in [2.45, 2.75) is 24.8 Å². The predicted molar refractivity (Wildman–Crippen MR) is 64.6 cm³/mol. The molecule has 0 radical (unpaired) electrons. The molecule has 18 heavy (non-hydrogen) atoms. The highest BCUT2D eigenvalue weighted by Crippen LogP contribution is 2.20. The van der Waals surface area contributed by atoms with Gasteiger partial charge in [-0.05, 0) is 32.1 Å². The van der Waals surface area contributed by atoms with Crippen LogP contribution >= 0.6 is 0 Å². The van der Waals surface area contributed by atoms with Crippen LogP contribution in [0.5, 0.6) is 0 Å². The maximum atomic E-state index is 13.9. The number of hydrogen-bond acceptors (Lipinski definition) is 3. The summed E-state index contributed by atoms with van der Waals surface area (Å²) in [4.78, 5) is -0.542. The van der Waals surface area contributed by atoms with Gasteiger partial charge in [0.1, 0.15) is 10.7 Å². The Hall–Kier alpha value is -1.05. The van der Waals surface area contributed by atoms with Gasteiger partial charge in [-0.2, -0.15) is 0 Å². The van der Waals surface area contributed by atoms with Crippen LogP contribution in [-0.4, -0.2) is 22.0 Å². The number of benzene rings is 1. The van der Waals surface area contributed by atoms with E-state index in [1.54, 1.807) is 0 Å². The summed E-state index contributed by atoms with van der Waals surface area (Å²) in [6.45, 7) is 2.47. The smallest absolute Gasteiger partial charge is 0.243 e. The maximum Gasteiger partial charge on any atom is 0.243 e. The third kappa shape index (κ3) is 3.24. The minimum absolute atomic E-state index is 0.0431. The second-order valence-corrected chi connectivity index (χ2v) is 5.58. The van der Waals surface area contributed by atoms with Gasteiger partial charge in [0.25, 0.3) is 0 Å². The Morgan fingerprint density at radius 2 is 1.94 bits per heavy atom. The van der Waals surface area contributed by atoms with Crippen molar-refractivity contribution in [3.05, 3.63) is 29.3 Å². The Morgan fingerprint density at radius 3 is 2.50 bits per heavy atom. The predicted octanol–water partition coefficient (Wildman–Crippen LogP) is 1.37. The van der Waals surface area contributed by atoms with E-state index in [1.807, 2.05) is 11.6 Å². The molecule has 0 amide bonds. The van der Waals surface area contributed by atoms with Crippen molar-refractivity contribution in [3.8, 4) is 0 Å². The van der Waals surface area contributed by atoms with Gasteiger partial charge in [0.2, 0.25) is 10.0 Å². The molecule has 0 spiro atoms. The molecule has 0 aliphatic rings. The first-order valence-corrected chi connectivity index (χ1v) is 7.03. The van der Waals surface area contributed by atoms with Crippen LogP contribution in [0.2, 0.25) is 0 Å². The average Bonchev–Trinajstić information content (AvgIpc) is 2.33. The molecule has 0 atom stereocenters. The number of halogens is 2. The van der Waals surface area contributed by atoms with Gasteiger partial charge in [-0.15, -0.1) is 0 Å². The first-order chi connectivity index (χ1) is 8.44. The lowest BCUT2D eigenvalue weighted by molar-refractivity contribution is 0.512. The second kappa shape index (κ2) is 6.21. The molecule has 0 saturated heterocycles. The lowest BCUT2D eigenvalue weighted by Crippen LogP contribution is -2.22. The van der Waals surface area contributed by atoms with E-state index < -0.39 is 26.6 Å². The molecule has 7 heteroatoms. The number of hydrogen-bond donors (Lipinski definition) is 2. The van der Waals surface area contributed by atoms with E-state index in [0.717, 1.165) is 18.6 Å². The van der Waals surface area contributed by atoms with Crippen LogP contribution in [0.15, 0.2) is 17.0 Å². The first kappa shape index (κ1) is 15.0. The maximum absolute atomic E-state index is 13.9. The van der Waals surface area contributed by atoms with Crippen LogP contribution in [0.4, 0.5) is 8.78 Å². The molecule has 0 aliphatic carbocycles. The Bertz CT molecular complexity index is 518. The number of rotatable bonds is 6. The van der Waals surface area contributed by atoms with Gasteiger partial charge >= 0.3 is 0 Å². The van der Waals surface area contributed by atoms with E-state index >= 15 is 0 Å². The molecule has 0 saturated carbocycles. The van der Waals surface area contributed by atoms with Gasteiger partial charge in [0, 0.05) is 12.1 Å². The highest BCUT2D eigenvalue weighted by atomic mass is 32.2. The van der Waals surface area contributed by atoms with E-state index in [1.165, 1.54) is 7.05 Å². The summed E-state index contributed by atoms with van der Waals surface area (Å²) in [7, 11) is -2.74. The molecular weight excluding hydrogens is 262 g/mol. The van der Waals surface area contributed by atoms with Gasteiger partial charge in [0.15, 0.2) is 5.82 Å². The van der Waals surface area contributed by atoms with Gasteiger partial charge in [0.05, 0.1) is 0 Å². The molecule has 0 bridgehead atoms. The van der Waals surface area contributed by atoms with Crippen LogP contribution in [0.3, 0.4) is 0 Å². The molecule has 1 aromatic carbocycles. The minimum atomic E-state index is -3.92. The molecule has 1 rings (SSSR count). The average molecular weight is 278 g/mol. The van der Waals surface area contributed by atoms with Gasteiger partial charge in [-0.3, -0.25) is 0 Å². The molecular formula is C11H16F2N2O2S. The summed E-state index contributed by atoms with van der Waals surface area (Å²) in [6.07, 6.45) is 0.817. The monoisotopic (exact) mass is 278 g/mol. The molecule has 2 N–H and O–H groups in total. The first-order valence-electron chi connectivity index (χ1n) is 5.55. The van der Waals surface area contributed by atoms with Crippen molar-refractivity contribution in [2.75, 3.05) is 13.6 Å². The van der Waals surface area contributed by atoms with E-state index in [4.69, 9.17) is 0 Å². The minimum Gasteiger partial charge on any atom is -0.312 e. The van der Waals surface area contributed by atoms with Crippen LogP contribution in [0.1, 0.15) is 18.9 Å². The van der Waals surface area contributed by atoms with Gasteiger partial charge < -0.3 is 5.32 Å². The molecule has 102 valence electrons. The van der Waals surface area contributed by atoms with Crippen molar-refractivity contribution >= 4 is 10.0 Å². The van der Waals surface area contributed by atoms with Crippen LogP contribution in [0, 0.1) is 11.6 Å². The summed E-state index contributed by atoms with van der Waals surface area (Å²) >= 11 is 0. The lowest BCUT2D eigenvalue weighted by Gasteiger charge is -2.10. The van der Waals surface area contributed by atoms with Crippen molar-refractivity contribution in [3.63, 3.8) is 0 Å². The van der Waals surface area contributed by atoms with E-state index in [2.05, 4.69) is 5.32 Å². The number of sulfonamides is 1. The van der Waals surface area contributed by atoms with E-state index in [0.29, 0.717) is 6.54 Å². The summed E-state index contributed by atoms with van der Waals surface area (Å²) in [5, 5.41) is 2.83. The Kier molecular flexibility index (Phi) is 5.18. The summed E-state index contributed by atoms with van der Waals surface area (Å²) in [5.74, 6) is -1.81. The van der Waals surface area contributed by atoms with Crippen molar-refractivity contribution < 1.29 is 17.2 Å². The highest BCUT2D eigenvalue weighted by Gasteiger charge is 2.21. The Labute approximate surface area is 105 Å². The molecule has 0 heterocycles.